The number of ether oxygens (including phenoxy) is 1. The molecule has 5 aromatic carbocycles. The van der Waals surface area contributed by atoms with Crippen LogP contribution < -0.4 is 4.74 Å². The van der Waals surface area contributed by atoms with Crippen molar-refractivity contribution in [3.05, 3.63) is 172 Å². The molecule has 1 aliphatic rings. The molecule has 0 unspecified atom stereocenters. The molecular weight excluding hydrogens is 925 g/mol. The standard InChI is InChI=1S/C54H51BF10N2O3/c1-32-17-19-36(20-18-32)46-39-14-10-11-15-40(39)47(66-46)45(44-33(2)13-12-16-43(44)68-9)48-41(34-21-25-37(26-22-34)49(3,4)5)29-42(35-23-27-38(28-24-35)50(6,7)8)67(48)55(69-30-51(56,57)53(60,61)62)70-31-52(58,59)54(63,64)65/h10-29H,30-31H2,1-9H3/b47-45-. The van der Waals surface area contributed by atoms with Gasteiger partial charge in [-0.3, -0.25) is 0 Å². The van der Waals surface area contributed by atoms with Crippen LogP contribution in [0.1, 0.15) is 91.7 Å². The lowest BCUT2D eigenvalue weighted by molar-refractivity contribution is -0.295. The molecule has 0 bridgehead atoms. The molecule has 368 valence electrons. The van der Waals surface area contributed by atoms with Crippen molar-refractivity contribution in [2.24, 2.45) is 4.99 Å². The molecule has 0 fully saturated rings. The van der Waals surface area contributed by atoms with Gasteiger partial charge in [0.25, 0.3) is 0 Å². The molecule has 0 atom stereocenters. The average molecular weight is 977 g/mol. The van der Waals surface area contributed by atoms with Gasteiger partial charge in [-0.2, -0.15) is 43.9 Å². The predicted molar refractivity (Wildman–Crippen MR) is 255 cm³/mol. The van der Waals surface area contributed by atoms with Crippen molar-refractivity contribution in [2.45, 2.75) is 90.4 Å². The zero-order valence-electron chi connectivity index (χ0n) is 39.9. The number of hydrogen-bond donors (Lipinski definition) is 0. The Morgan fingerprint density at radius 3 is 1.53 bits per heavy atom. The molecule has 1 aromatic heterocycles. The topological polar surface area (TPSA) is 45.0 Å². The Bertz CT molecular complexity index is 2890. The van der Waals surface area contributed by atoms with Crippen molar-refractivity contribution in [3.8, 4) is 28.1 Å². The molecule has 2 heterocycles. The van der Waals surface area contributed by atoms with Gasteiger partial charge in [-0.1, -0.05) is 156 Å². The fourth-order valence-corrected chi connectivity index (χ4v) is 8.18. The maximum absolute atomic E-state index is 15.1. The van der Waals surface area contributed by atoms with E-state index in [1.54, 1.807) is 85.8 Å². The molecule has 7 rings (SSSR count). The predicted octanol–water partition coefficient (Wildman–Crippen LogP) is 15.1. The quantitative estimate of drug-likeness (QED) is 0.0856. The highest BCUT2D eigenvalue weighted by Crippen LogP contribution is 2.49. The van der Waals surface area contributed by atoms with E-state index in [0.29, 0.717) is 39.1 Å². The third-order valence-corrected chi connectivity index (χ3v) is 12.2. The minimum Gasteiger partial charge on any atom is -0.496 e. The highest BCUT2D eigenvalue weighted by Gasteiger charge is 2.60. The van der Waals surface area contributed by atoms with Crippen LogP contribution in [0.15, 0.2) is 126 Å². The summed E-state index contributed by atoms with van der Waals surface area (Å²) in [5.41, 5.74) is 6.11. The molecule has 0 saturated carbocycles. The van der Waals surface area contributed by atoms with Crippen LogP contribution in [0.2, 0.25) is 0 Å². The van der Waals surface area contributed by atoms with Crippen LogP contribution in [0, 0.1) is 13.8 Å². The lowest BCUT2D eigenvalue weighted by Gasteiger charge is -2.28. The second-order valence-electron chi connectivity index (χ2n) is 19.4. The van der Waals surface area contributed by atoms with Crippen LogP contribution in [0.5, 0.6) is 5.75 Å². The van der Waals surface area contributed by atoms with Crippen LogP contribution in [0.25, 0.3) is 33.7 Å². The minimum absolute atomic E-state index is 0.0688. The molecule has 16 heteroatoms. The molecule has 0 radical (unpaired) electrons. The highest BCUT2D eigenvalue weighted by atomic mass is 19.4. The fourth-order valence-electron chi connectivity index (χ4n) is 8.18. The van der Waals surface area contributed by atoms with Crippen LogP contribution >= 0.6 is 0 Å². The normalized spacial score (nSPS) is 14.4. The largest absolute Gasteiger partial charge is 0.598 e. The summed E-state index contributed by atoms with van der Waals surface area (Å²) >= 11 is 0. The minimum atomic E-state index is -6.23. The van der Waals surface area contributed by atoms with Crippen molar-refractivity contribution in [1.82, 2.24) is 4.48 Å². The van der Waals surface area contributed by atoms with Crippen molar-refractivity contribution in [1.29, 1.82) is 0 Å². The van der Waals surface area contributed by atoms with E-state index in [4.69, 9.17) is 19.0 Å². The summed E-state index contributed by atoms with van der Waals surface area (Å²) in [5, 5.41) is 0. The Kier molecular flexibility index (Phi) is 14.0. The number of aryl methyl sites for hydroxylation is 2. The Morgan fingerprint density at radius 2 is 1.04 bits per heavy atom. The number of hydrogen-bond acceptors (Lipinski definition) is 4. The van der Waals surface area contributed by atoms with Gasteiger partial charge in [0.05, 0.1) is 24.2 Å². The van der Waals surface area contributed by atoms with Gasteiger partial charge in [0, 0.05) is 39.1 Å². The van der Waals surface area contributed by atoms with Gasteiger partial charge in [0.2, 0.25) is 0 Å². The Hall–Kier alpha value is -6.13. The lowest BCUT2D eigenvalue weighted by atomic mass is 9.85. The van der Waals surface area contributed by atoms with E-state index in [1.807, 2.05) is 90.9 Å². The van der Waals surface area contributed by atoms with Crippen molar-refractivity contribution in [2.75, 3.05) is 20.3 Å². The van der Waals surface area contributed by atoms with Crippen molar-refractivity contribution in [3.63, 3.8) is 0 Å². The SMILES string of the molecule is COc1cccc(C)c1/C(=C1/N=C(c2ccc(C)cc2)c2ccccc21)c1c(-c2ccc(C(C)(C)C)cc2)cc(-c2ccc(C(C)(C)C)cc2)n1B(OCC(F)(F)C(F)(F)F)OCC(F)(F)C(F)(F)F. The van der Waals surface area contributed by atoms with Gasteiger partial charge < -0.3 is 18.5 Å². The molecule has 6 aromatic rings. The molecule has 1 aliphatic heterocycles. The molecule has 70 heavy (non-hydrogen) atoms. The van der Waals surface area contributed by atoms with Gasteiger partial charge in [-0.15, -0.1) is 0 Å². The number of aliphatic imine (C=N–C) groups is 1. The van der Waals surface area contributed by atoms with E-state index in [0.717, 1.165) is 21.2 Å². The maximum atomic E-state index is 15.1. The van der Waals surface area contributed by atoms with E-state index < -0.39 is 50.1 Å². The summed E-state index contributed by atoms with van der Waals surface area (Å²) in [5.74, 6) is -11.0. The third kappa shape index (κ3) is 10.3. The fraction of sp³-hybridized carbons (Fsp3) is 0.315. The highest BCUT2D eigenvalue weighted by molar-refractivity contribution is 6.44. The zero-order chi connectivity index (χ0) is 51.4. The zero-order valence-corrected chi connectivity index (χ0v) is 39.9. The summed E-state index contributed by atoms with van der Waals surface area (Å²) in [6.45, 7) is 10.4. The Labute approximate surface area is 401 Å². The summed E-state index contributed by atoms with van der Waals surface area (Å²) < 4.78 is 162. The van der Waals surface area contributed by atoms with Gasteiger partial charge >= 0.3 is 31.5 Å². The first kappa shape index (κ1) is 51.7. The van der Waals surface area contributed by atoms with E-state index in [2.05, 4.69) is 0 Å². The summed E-state index contributed by atoms with van der Waals surface area (Å²) in [7, 11) is -1.43. The first-order valence-electron chi connectivity index (χ1n) is 22.3. The Balaban J connectivity index is 1.71. The van der Waals surface area contributed by atoms with E-state index in [9.17, 15) is 26.3 Å². The smallest absolute Gasteiger partial charge is 0.496 e. The maximum Gasteiger partial charge on any atom is 0.598 e. The Morgan fingerprint density at radius 1 is 0.557 bits per heavy atom. The van der Waals surface area contributed by atoms with Crippen LogP contribution in [0.3, 0.4) is 0 Å². The van der Waals surface area contributed by atoms with Gasteiger partial charge in [0.1, 0.15) is 19.0 Å². The summed E-state index contributed by atoms with van der Waals surface area (Å²) in [6, 6.07) is 35.2. The summed E-state index contributed by atoms with van der Waals surface area (Å²) in [6.07, 6.45) is -12.5. The molecule has 0 saturated heterocycles. The molecule has 5 nitrogen and oxygen atoms in total. The third-order valence-electron chi connectivity index (χ3n) is 12.2. The summed E-state index contributed by atoms with van der Waals surface area (Å²) in [4.78, 5) is 5.27. The molecule has 0 N–H and O–H groups in total. The van der Waals surface area contributed by atoms with E-state index >= 15 is 17.6 Å². The number of benzene rings is 5. The van der Waals surface area contributed by atoms with E-state index in [1.165, 1.54) is 7.11 Å². The number of methoxy groups -OCH3 is 1. The molecule has 0 amide bonds. The lowest BCUT2D eigenvalue weighted by Crippen LogP contribution is -2.48. The number of alkyl halides is 10. The number of nitrogens with zero attached hydrogens (tertiary/aromatic N) is 2. The number of halogens is 10. The first-order chi connectivity index (χ1) is 32.5. The molecular formula is C54H51BF10N2O3. The number of rotatable bonds is 13. The molecule has 0 spiro atoms. The second kappa shape index (κ2) is 18.9. The van der Waals surface area contributed by atoms with Crippen molar-refractivity contribution >= 4 is 24.2 Å². The van der Waals surface area contributed by atoms with Crippen LogP contribution in [-0.4, -0.2) is 62.0 Å². The van der Waals surface area contributed by atoms with Crippen LogP contribution in [-0.2, 0) is 20.1 Å². The van der Waals surface area contributed by atoms with Crippen molar-refractivity contribution < 1.29 is 57.9 Å². The van der Waals surface area contributed by atoms with Gasteiger partial charge in [0.15, 0.2) is 0 Å². The van der Waals surface area contributed by atoms with E-state index in [-0.39, 0.29) is 44.9 Å². The van der Waals surface area contributed by atoms with Gasteiger partial charge in [-0.05, 0) is 64.6 Å². The van der Waals surface area contributed by atoms with Gasteiger partial charge in [-0.25, -0.2) is 4.99 Å². The average Bonchev–Trinajstić information content (AvgIpc) is 3.86. The molecule has 0 aliphatic carbocycles. The first-order valence-corrected chi connectivity index (χ1v) is 22.3. The number of fused-ring (bicyclic) bond motifs is 1. The second-order valence-corrected chi connectivity index (χ2v) is 19.4. The number of aromatic nitrogens is 1. The van der Waals surface area contributed by atoms with Crippen LogP contribution in [0.4, 0.5) is 43.9 Å². The monoisotopic (exact) mass is 976 g/mol.